The molecule has 6 aromatic carbocycles. The normalized spacial score (nSPS) is 10.7. The Hall–Kier alpha value is -4.42. The van der Waals surface area contributed by atoms with Gasteiger partial charge in [0, 0.05) is 0 Å². The number of aryl methyl sites for hydroxylation is 8. The minimum atomic E-state index is -0.288. The summed E-state index contributed by atoms with van der Waals surface area (Å²) >= 11 is 0. The standard InChI is InChI=1S/C29H26.C14H16.6C2H6/c1-19-13-15-23(17-21(19)3)29(24-16-14-20(2)22(4)18-24)27-11-7-5-9-25(27)26-10-6-8-12-28(26)29;1-9-5-6-11(3)14-12(4)8-7-10(2)13(9)14;6*1-2/h5-18H,1-4H3;5-8H,1-4H3;6*1-2H3. The van der Waals surface area contributed by atoms with Crippen molar-refractivity contribution in [1.29, 1.82) is 0 Å². The van der Waals surface area contributed by atoms with Crippen LogP contribution in [-0.2, 0) is 5.41 Å². The average molecular weight is 739 g/mol. The van der Waals surface area contributed by atoms with Gasteiger partial charge in [0.15, 0.2) is 0 Å². The zero-order valence-corrected chi connectivity index (χ0v) is 38.9. The molecular formula is C55H78. The first-order valence-corrected chi connectivity index (χ1v) is 21.5. The molecule has 0 unspecified atom stereocenters. The van der Waals surface area contributed by atoms with Crippen LogP contribution < -0.4 is 0 Å². The highest BCUT2D eigenvalue weighted by Gasteiger charge is 2.46. The van der Waals surface area contributed by atoms with Gasteiger partial charge in [-0.25, -0.2) is 0 Å². The molecule has 0 heterocycles. The van der Waals surface area contributed by atoms with Gasteiger partial charge < -0.3 is 0 Å². The SMILES string of the molecule is CC.CC.CC.CC.CC.CC.Cc1ccc(C)c2c(C)ccc(C)c12.Cc1ccc(C2(c3ccc(C)c(C)c3)c3ccccc3-c3ccccc32)cc1C. The molecule has 1 aliphatic rings. The monoisotopic (exact) mass is 739 g/mol. The molecule has 1 aliphatic carbocycles. The van der Waals surface area contributed by atoms with E-state index < -0.39 is 0 Å². The Bertz CT molecular complexity index is 1810. The first-order valence-electron chi connectivity index (χ1n) is 21.5. The van der Waals surface area contributed by atoms with Crippen LogP contribution in [0.5, 0.6) is 0 Å². The summed E-state index contributed by atoms with van der Waals surface area (Å²) in [6.45, 7) is 41.6. The maximum absolute atomic E-state index is 2.39. The average Bonchev–Trinajstić information content (AvgIpc) is 3.55. The van der Waals surface area contributed by atoms with E-state index in [9.17, 15) is 0 Å². The first kappa shape index (κ1) is 50.6. The van der Waals surface area contributed by atoms with Gasteiger partial charge in [0.1, 0.15) is 0 Å². The van der Waals surface area contributed by atoms with Gasteiger partial charge in [-0.3, -0.25) is 0 Å². The van der Waals surface area contributed by atoms with E-state index in [2.05, 4.69) is 165 Å². The van der Waals surface area contributed by atoms with Gasteiger partial charge in [-0.15, -0.1) is 0 Å². The van der Waals surface area contributed by atoms with E-state index in [4.69, 9.17) is 0 Å². The highest BCUT2D eigenvalue weighted by molar-refractivity contribution is 5.93. The Kier molecular flexibility index (Phi) is 23.6. The third-order valence-corrected chi connectivity index (χ3v) is 9.83. The lowest BCUT2D eigenvalue weighted by Crippen LogP contribution is -2.29. The lowest BCUT2D eigenvalue weighted by Gasteiger charge is -2.34. The fourth-order valence-electron chi connectivity index (χ4n) is 7.22. The minimum Gasteiger partial charge on any atom is -0.0683 e. The van der Waals surface area contributed by atoms with Gasteiger partial charge in [0.05, 0.1) is 5.41 Å². The van der Waals surface area contributed by atoms with E-state index >= 15 is 0 Å². The Morgan fingerprint density at radius 1 is 0.273 bits per heavy atom. The smallest absolute Gasteiger partial charge is 0.0683 e. The van der Waals surface area contributed by atoms with Gasteiger partial charge in [-0.1, -0.05) is 192 Å². The fraction of sp³-hybridized carbons (Fsp3) is 0.382. The van der Waals surface area contributed by atoms with Crippen molar-refractivity contribution < 1.29 is 0 Å². The van der Waals surface area contributed by atoms with Crippen LogP contribution in [0.2, 0.25) is 0 Å². The summed E-state index contributed by atoms with van der Waals surface area (Å²) in [6, 6.07) is 40.7. The molecule has 0 N–H and O–H groups in total. The zero-order valence-electron chi connectivity index (χ0n) is 38.9. The Labute approximate surface area is 340 Å². The topological polar surface area (TPSA) is 0 Å². The summed E-state index contributed by atoms with van der Waals surface area (Å²) in [7, 11) is 0. The molecule has 0 heteroatoms. The number of benzene rings is 6. The molecule has 7 rings (SSSR count). The summed E-state index contributed by atoms with van der Waals surface area (Å²) in [6.07, 6.45) is 0. The number of hydrogen-bond acceptors (Lipinski definition) is 0. The molecule has 0 aromatic heterocycles. The molecular weight excluding hydrogens is 661 g/mol. The van der Waals surface area contributed by atoms with Crippen molar-refractivity contribution >= 4 is 10.8 Å². The molecule has 0 saturated carbocycles. The Balaban J connectivity index is 0.000000944. The van der Waals surface area contributed by atoms with Crippen molar-refractivity contribution in [2.45, 2.75) is 144 Å². The van der Waals surface area contributed by atoms with E-state index in [0.717, 1.165) is 0 Å². The number of rotatable bonds is 2. The largest absolute Gasteiger partial charge is 0.0713 e. The fourth-order valence-corrected chi connectivity index (χ4v) is 7.22. The predicted octanol–water partition coefficient (Wildman–Crippen LogP) is 17.5. The third kappa shape index (κ3) is 10.9. The summed E-state index contributed by atoms with van der Waals surface area (Å²) in [5.74, 6) is 0. The van der Waals surface area contributed by atoms with Crippen LogP contribution in [0, 0.1) is 55.4 Å². The van der Waals surface area contributed by atoms with Crippen LogP contribution in [0.1, 0.15) is 150 Å². The second-order valence-corrected chi connectivity index (χ2v) is 12.6. The molecule has 0 fully saturated rings. The molecule has 0 radical (unpaired) electrons. The van der Waals surface area contributed by atoms with Gasteiger partial charge >= 0.3 is 0 Å². The highest BCUT2D eigenvalue weighted by Crippen LogP contribution is 2.56. The molecule has 0 aliphatic heterocycles. The molecule has 0 amide bonds. The molecule has 0 atom stereocenters. The van der Waals surface area contributed by atoms with Crippen LogP contribution in [-0.4, -0.2) is 0 Å². The lowest BCUT2D eigenvalue weighted by molar-refractivity contribution is 0.765. The number of hydrogen-bond donors (Lipinski definition) is 0. The predicted molar refractivity (Wildman–Crippen MR) is 254 cm³/mol. The zero-order chi connectivity index (χ0) is 42.5. The maximum Gasteiger partial charge on any atom is 0.0713 e. The van der Waals surface area contributed by atoms with Crippen LogP contribution in [0.25, 0.3) is 21.9 Å². The molecule has 0 nitrogen and oxygen atoms in total. The summed E-state index contributed by atoms with van der Waals surface area (Å²) in [4.78, 5) is 0. The van der Waals surface area contributed by atoms with E-state index in [1.807, 2.05) is 83.1 Å². The minimum absolute atomic E-state index is 0.288. The van der Waals surface area contributed by atoms with Crippen LogP contribution in [0.15, 0.2) is 109 Å². The Morgan fingerprint density at radius 2 is 0.527 bits per heavy atom. The van der Waals surface area contributed by atoms with Gasteiger partial charge in [0.25, 0.3) is 0 Å². The van der Waals surface area contributed by atoms with E-state index in [1.165, 1.54) is 88.7 Å². The first-order chi connectivity index (χ1) is 26.6. The molecule has 298 valence electrons. The lowest BCUT2D eigenvalue weighted by atomic mass is 9.67. The second-order valence-electron chi connectivity index (χ2n) is 12.6. The third-order valence-electron chi connectivity index (χ3n) is 9.83. The molecule has 6 aromatic rings. The van der Waals surface area contributed by atoms with Crippen LogP contribution in [0.4, 0.5) is 0 Å². The summed E-state index contributed by atoms with van der Waals surface area (Å²) in [5.41, 5.74) is 18.7. The van der Waals surface area contributed by atoms with Crippen molar-refractivity contribution in [3.05, 3.63) is 176 Å². The van der Waals surface area contributed by atoms with E-state index in [0.29, 0.717) is 0 Å². The van der Waals surface area contributed by atoms with Gasteiger partial charge in [0.2, 0.25) is 0 Å². The van der Waals surface area contributed by atoms with Crippen molar-refractivity contribution in [2.24, 2.45) is 0 Å². The van der Waals surface area contributed by atoms with E-state index in [-0.39, 0.29) is 5.41 Å². The molecule has 55 heavy (non-hydrogen) atoms. The second kappa shape index (κ2) is 25.6. The summed E-state index contributed by atoms with van der Waals surface area (Å²) < 4.78 is 0. The van der Waals surface area contributed by atoms with Crippen LogP contribution in [0.3, 0.4) is 0 Å². The van der Waals surface area contributed by atoms with Crippen molar-refractivity contribution in [3.63, 3.8) is 0 Å². The highest BCUT2D eigenvalue weighted by atomic mass is 14.5. The maximum atomic E-state index is 2.39. The van der Waals surface area contributed by atoms with Gasteiger partial charge in [-0.05, 0) is 144 Å². The van der Waals surface area contributed by atoms with Crippen molar-refractivity contribution in [1.82, 2.24) is 0 Å². The molecule has 0 saturated heterocycles. The summed E-state index contributed by atoms with van der Waals surface area (Å²) in [5, 5.41) is 2.87. The quantitative estimate of drug-likeness (QED) is 0.166. The Morgan fingerprint density at radius 3 is 0.800 bits per heavy atom. The van der Waals surface area contributed by atoms with E-state index in [1.54, 1.807) is 0 Å². The van der Waals surface area contributed by atoms with Crippen molar-refractivity contribution in [3.8, 4) is 11.1 Å². The van der Waals surface area contributed by atoms with Gasteiger partial charge in [-0.2, -0.15) is 0 Å². The molecule has 0 bridgehead atoms. The van der Waals surface area contributed by atoms with Crippen molar-refractivity contribution in [2.75, 3.05) is 0 Å². The molecule has 0 spiro atoms. The van der Waals surface area contributed by atoms with Crippen LogP contribution >= 0.6 is 0 Å². The number of fused-ring (bicyclic) bond motifs is 4.